The SMILES string of the molecule is C[C@H](NC1=NC(=O)C(C)(C2(F)CCN(C(=O)c3ccccc3)CC2)S1)c1ccc(F)cc1. The monoisotopic (exact) mass is 457 g/mol. The van der Waals surface area contributed by atoms with E-state index in [1.165, 1.54) is 12.1 Å². The average Bonchev–Trinajstić information content (AvgIpc) is 3.09. The maximum Gasteiger partial charge on any atom is 0.267 e. The van der Waals surface area contributed by atoms with Gasteiger partial charge >= 0.3 is 0 Å². The van der Waals surface area contributed by atoms with Crippen LogP contribution >= 0.6 is 11.8 Å². The van der Waals surface area contributed by atoms with Gasteiger partial charge in [-0.25, -0.2) is 8.78 Å². The average molecular weight is 458 g/mol. The van der Waals surface area contributed by atoms with Crippen molar-refractivity contribution < 1.29 is 18.4 Å². The van der Waals surface area contributed by atoms with Crippen LogP contribution in [0.5, 0.6) is 0 Å². The summed E-state index contributed by atoms with van der Waals surface area (Å²) in [5.74, 6) is -0.968. The van der Waals surface area contributed by atoms with Gasteiger partial charge in [-0.1, -0.05) is 42.1 Å². The van der Waals surface area contributed by atoms with E-state index in [2.05, 4.69) is 10.3 Å². The molecule has 168 valence electrons. The Bertz CT molecular complexity index is 1040. The summed E-state index contributed by atoms with van der Waals surface area (Å²) in [5.41, 5.74) is -0.381. The van der Waals surface area contributed by atoms with Crippen molar-refractivity contribution in [1.29, 1.82) is 0 Å². The molecular weight excluding hydrogens is 432 g/mol. The maximum absolute atomic E-state index is 16.1. The Morgan fingerprint density at radius 2 is 1.75 bits per heavy atom. The minimum Gasteiger partial charge on any atom is -0.358 e. The zero-order valence-corrected chi connectivity index (χ0v) is 18.8. The van der Waals surface area contributed by atoms with Crippen LogP contribution in [0.15, 0.2) is 59.6 Å². The number of rotatable bonds is 4. The zero-order valence-electron chi connectivity index (χ0n) is 18.0. The molecule has 0 aliphatic carbocycles. The highest BCUT2D eigenvalue weighted by molar-refractivity contribution is 8.16. The number of thioether (sulfide) groups is 1. The molecule has 0 spiro atoms. The number of amidine groups is 1. The Morgan fingerprint density at radius 1 is 1.12 bits per heavy atom. The minimum atomic E-state index is -1.78. The van der Waals surface area contributed by atoms with Crippen molar-refractivity contribution in [2.45, 2.75) is 43.1 Å². The van der Waals surface area contributed by atoms with E-state index in [1.807, 2.05) is 13.0 Å². The van der Waals surface area contributed by atoms with E-state index in [9.17, 15) is 14.0 Å². The van der Waals surface area contributed by atoms with Crippen LogP contribution < -0.4 is 5.32 Å². The van der Waals surface area contributed by atoms with Crippen molar-refractivity contribution in [2.75, 3.05) is 13.1 Å². The maximum atomic E-state index is 16.1. The number of nitrogens with zero attached hydrogens (tertiary/aromatic N) is 2. The fourth-order valence-corrected chi connectivity index (χ4v) is 5.40. The number of likely N-dealkylation sites (tertiary alicyclic amines) is 1. The lowest BCUT2D eigenvalue weighted by atomic mass is 9.80. The largest absolute Gasteiger partial charge is 0.358 e. The molecular formula is C24H25F2N3O2S. The summed E-state index contributed by atoms with van der Waals surface area (Å²) in [4.78, 5) is 31.2. The molecule has 0 radical (unpaired) electrons. The van der Waals surface area contributed by atoms with Gasteiger partial charge in [0.15, 0.2) is 5.17 Å². The standard InChI is InChI=1S/C24H25F2N3O2S/c1-16(17-8-10-19(25)11-9-17)27-22-28-21(31)23(2,32-22)24(26)12-14-29(15-13-24)20(30)18-6-4-3-5-7-18/h3-11,16H,12-15H2,1-2H3,(H,27,28,31)/t16-,23?/m0/s1. The van der Waals surface area contributed by atoms with Crippen LogP contribution in [-0.4, -0.2) is 45.4 Å². The number of alkyl halides is 1. The van der Waals surface area contributed by atoms with E-state index in [4.69, 9.17) is 0 Å². The zero-order chi connectivity index (χ0) is 22.9. The second-order valence-electron chi connectivity index (χ2n) is 8.40. The molecule has 0 aromatic heterocycles. The topological polar surface area (TPSA) is 61.8 Å². The lowest BCUT2D eigenvalue weighted by Crippen LogP contribution is -2.56. The third-order valence-corrected chi connectivity index (χ3v) is 7.69. The molecule has 32 heavy (non-hydrogen) atoms. The molecule has 2 aromatic carbocycles. The first-order chi connectivity index (χ1) is 15.2. The number of carbonyl (C=O) groups excluding carboxylic acids is 2. The number of benzene rings is 2. The number of piperidine rings is 1. The summed E-state index contributed by atoms with van der Waals surface area (Å²) in [6, 6.07) is 14.7. The van der Waals surface area contributed by atoms with Gasteiger partial charge in [-0.15, -0.1) is 0 Å². The van der Waals surface area contributed by atoms with Gasteiger partial charge in [-0.05, 0) is 43.7 Å². The van der Waals surface area contributed by atoms with Gasteiger partial charge in [-0.2, -0.15) is 4.99 Å². The summed E-state index contributed by atoms with van der Waals surface area (Å²) in [5, 5.41) is 3.50. The van der Waals surface area contributed by atoms with E-state index >= 15 is 4.39 Å². The minimum absolute atomic E-state index is 0.0666. The Balaban J connectivity index is 1.41. The molecule has 2 aliphatic heterocycles. The molecule has 1 unspecified atom stereocenters. The lowest BCUT2D eigenvalue weighted by Gasteiger charge is -2.43. The molecule has 2 amide bonds. The summed E-state index contributed by atoms with van der Waals surface area (Å²) in [7, 11) is 0. The van der Waals surface area contributed by atoms with Gasteiger partial charge in [0.1, 0.15) is 16.2 Å². The van der Waals surface area contributed by atoms with Crippen LogP contribution in [0, 0.1) is 5.82 Å². The van der Waals surface area contributed by atoms with Crippen LogP contribution in [-0.2, 0) is 4.79 Å². The first-order valence-corrected chi connectivity index (χ1v) is 11.4. The number of nitrogens with one attached hydrogen (secondary N) is 1. The molecule has 2 atom stereocenters. The first kappa shape index (κ1) is 22.5. The van der Waals surface area contributed by atoms with Crippen molar-refractivity contribution in [2.24, 2.45) is 4.99 Å². The number of carbonyl (C=O) groups is 2. The van der Waals surface area contributed by atoms with Crippen molar-refractivity contribution in [1.82, 2.24) is 10.2 Å². The van der Waals surface area contributed by atoms with E-state index in [0.717, 1.165) is 17.3 Å². The van der Waals surface area contributed by atoms with Gasteiger partial charge in [-0.3, -0.25) is 9.59 Å². The molecule has 1 saturated heterocycles. The van der Waals surface area contributed by atoms with Crippen LogP contribution in [0.4, 0.5) is 8.78 Å². The normalized spacial score (nSPS) is 23.6. The summed E-state index contributed by atoms with van der Waals surface area (Å²) >= 11 is 1.10. The molecule has 0 bridgehead atoms. The molecule has 2 aliphatic rings. The lowest BCUT2D eigenvalue weighted by molar-refractivity contribution is -0.124. The second-order valence-corrected chi connectivity index (χ2v) is 9.81. The molecule has 1 fully saturated rings. The molecule has 8 heteroatoms. The van der Waals surface area contributed by atoms with Crippen molar-refractivity contribution in [3.8, 4) is 0 Å². The quantitative estimate of drug-likeness (QED) is 0.734. The van der Waals surface area contributed by atoms with Crippen LogP contribution in [0.2, 0.25) is 0 Å². The molecule has 4 rings (SSSR count). The highest BCUT2D eigenvalue weighted by Crippen LogP contribution is 2.49. The van der Waals surface area contributed by atoms with E-state index < -0.39 is 16.3 Å². The third kappa shape index (κ3) is 4.16. The third-order valence-electron chi connectivity index (χ3n) is 6.34. The van der Waals surface area contributed by atoms with Crippen molar-refractivity contribution in [3.63, 3.8) is 0 Å². The fraction of sp³-hybridized carbons (Fsp3) is 0.375. The number of amides is 2. The first-order valence-electron chi connectivity index (χ1n) is 10.6. The molecule has 5 nitrogen and oxygen atoms in total. The highest BCUT2D eigenvalue weighted by Gasteiger charge is 2.59. The Hall–Kier alpha value is -2.74. The summed E-state index contributed by atoms with van der Waals surface area (Å²) in [6.07, 6.45) is 0.133. The molecule has 0 saturated carbocycles. The summed E-state index contributed by atoms with van der Waals surface area (Å²) in [6.45, 7) is 3.94. The second kappa shape index (κ2) is 8.65. The predicted octanol–water partition coefficient (Wildman–Crippen LogP) is 4.51. The number of aliphatic imine (C=N–C) groups is 1. The van der Waals surface area contributed by atoms with Crippen molar-refractivity contribution >= 4 is 28.7 Å². The van der Waals surface area contributed by atoms with Gasteiger partial charge < -0.3 is 10.2 Å². The van der Waals surface area contributed by atoms with Crippen LogP contribution in [0.25, 0.3) is 0 Å². The Kier molecular flexibility index (Phi) is 6.07. The number of hydrogen-bond donors (Lipinski definition) is 1. The van der Waals surface area contributed by atoms with Gasteiger partial charge in [0.05, 0.1) is 6.04 Å². The smallest absolute Gasteiger partial charge is 0.267 e. The Labute approximate surface area is 190 Å². The van der Waals surface area contributed by atoms with Gasteiger partial charge in [0.25, 0.3) is 11.8 Å². The number of halogens is 2. The molecule has 2 heterocycles. The Morgan fingerprint density at radius 3 is 2.38 bits per heavy atom. The number of hydrogen-bond acceptors (Lipinski definition) is 4. The van der Waals surface area contributed by atoms with E-state index in [1.54, 1.807) is 48.2 Å². The highest BCUT2D eigenvalue weighted by atomic mass is 32.2. The van der Waals surface area contributed by atoms with E-state index in [0.29, 0.717) is 10.7 Å². The van der Waals surface area contributed by atoms with Crippen LogP contribution in [0.1, 0.15) is 48.7 Å². The van der Waals surface area contributed by atoms with Crippen LogP contribution in [0.3, 0.4) is 0 Å². The fourth-order valence-electron chi connectivity index (χ4n) is 4.13. The van der Waals surface area contributed by atoms with E-state index in [-0.39, 0.29) is 43.7 Å². The predicted molar refractivity (Wildman–Crippen MR) is 122 cm³/mol. The molecule has 1 N–H and O–H groups in total. The molecule has 2 aromatic rings. The van der Waals surface area contributed by atoms with Gasteiger partial charge in [0.2, 0.25) is 0 Å². The van der Waals surface area contributed by atoms with Gasteiger partial charge in [0, 0.05) is 31.5 Å². The van der Waals surface area contributed by atoms with Crippen molar-refractivity contribution in [3.05, 3.63) is 71.5 Å². The summed E-state index contributed by atoms with van der Waals surface area (Å²) < 4.78 is 27.9.